The van der Waals surface area contributed by atoms with E-state index in [9.17, 15) is 14.7 Å². The van der Waals surface area contributed by atoms with Crippen molar-refractivity contribution in [1.82, 2.24) is 9.88 Å². The third-order valence-electron chi connectivity index (χ3n) is 4.60. The third kappa shape index (κ3) is 2.25. The molecule has 5 heteroatoms. The highest BCUT2D eigenvalue weighted by Crippen LogP contribution is 2.27. The van der Waals surface area contributed by atoms with Crippen LogP contribution in [0.3, 0.4) is 0 Å². The number of rotatable bonds is 4. The molecule has 24 heavy (non-hydrogen) atoms. The number of carboxylic acids is 1. The molecule has 1 atom stereocenters. The number of H-pyrrole nitrogens is 1. The Bertz CT molecular complexity index is 944. The van der Waals surface area contributed by atoms with Gasteiger partial charge in [0.2, 0.25) is 0 Å². The Morgan fingerprint density at radius 2 is 1.92 bits per heavy atom. The van der Waals surface area contributed by atoms with Gasteiger partial charge < -0.3 is 15.0 Å². The molecule has 0 bridgehead atoms. The highest BCUT2D eigenvalue weighted by molar-refractivity contribution is 6.00. The number of carbonyl (C=O) groups is 2. The number of aliphatic carboxylic acids is 1. The topological polar surface area (TPSA) is 73.4 Å². The molecule has 1 amide bonds. The molecule has 2 heterocycles. The van der Waals surface area contributed by atoms with Gasteiger partial charge in [-0.3, -0.25) is 4.79 Å². The van der Waals surface area contributed by atoms with Gasteiger partial charge in [-0.25, -0.2) is 4.79 Å². The Balaban J connectivity index is 1.67. The SMILES string of the molecule is O=C(O)[C@H](Cc1c[nH]c2ccccc12)N1Cc2ccccc2C1=O. The summed E-state index contributed by atoms with van der Waals surface area (Å²) in [6, 6.07) is 14.2. The fourth-order valence-electron chi connectivity index (χ4n) is 3.37. The molecule has 0 unspecified atom stereocenters. The van der Waals surface area contributed by atoms with Crippen molar-refractivity contribution in [2.75, 3.05) is 0 Å². The maximum absolute atomic E-state index is 12.6. The van der Waals surface area contributed by atoms with Crippen LogP contribution >= 0.6 is 0 Å². The van der Waals surface area contributed by atoms with Gasteiger partial charge in [-0.2, -0.15) is 0 Å². The molecule has 0 saturated carbocycles. The van der Waals surface area contributed by atoms with E-state index in [4.69, 9.17) is 0 Å². The van der Waals surface area contributed by atoms with Gasteiger partial charge in [0.1, 0.15) is 6.04 Å². The van der Waals surface area contributed by atoms with Crippen LogP contribution in [0.2, 0.25) is 0 Å². The van der Waals surface area contributed by atoms with Gasteiger partial charge in [0, 0.05) is 35.6 Å². The van der Waals surface area contributed by atoms with Crippen LogP contribution < -0.4 is 0 Å². The van der Waals surface area contributed by atoms with Crippen LogP contribution in [0.4, 0.5) is 0 Å². The monoisotopic (exact) mass is 320 g/mol. The van der Waals surface area contributed by atoms with E-state index < -0.39 is 12.0 Å². The van der Waals surface area contributed by atoms with Gasteiger partial charge in [-0.1, -0.05) is 36.4 Å². The van der Waals surface area contributed by atoms with Gasteiger partial charge >= 0.3 is 5.97 Å². The van der Waals surface area contributed by atoms with Gasteiger partial charge in [0.15, 0.2) is 0 Å². The van der Waals surface area contributed by atoms with Crippen molar-refractivity contribution >= 4 is 22.8 Å². The molecular formula is C19H16N2O3. The summed E-state index contributed by atoms with van der Waals surface area (Å²) in [6.07, 6.45) is 2.10. The maximum Gasteiger partial charge on any atom is 0.326 e. The largest absolute Gasteiger partial charge is 0.480 e. The first-order chi connectivity index (χ1) is 11.6. The molecule has 2 aromatic carbocycles. The van der Waals surface area contributed by atoms with Crippen LogP contribution in [0.15, 0.2) is 54.7 Å². The van der Waals surface area contributed by atoms with Crippen molar-refractivity contribution < 1.29 is 14.7 Å². The normalized spacial score (nSPS) is 14.8. The fraction of sp³-hybridized carbons (Fsp3) is 0.158. The van der Waals surface area contributed by atoms with E-state index in [0.717, 1.165) is 22.0 Å². The Hall–Kier alpha value is -3.08. The summed E-state index contributed by atoms with van der Waals surface area (Å²) < 4.78 is 0. The minimum atomic E-state index is -0.985. The lowest BCUT2D eigenvalue weighted by atomic mass is 10.0. The smallest absolute Gasteiger partial charge is 0.326 e. The minimum Gasteiger partial charge on any atom is -0.480 e. The van der Waals surface area contributed by atoms with Gasteiger partial charge in [-0.05, 0) is 23.3 Å². The van der Waals surface area contributed by atoms with Crippen molar-refractivity contribution in [1.29, 1.82) is 0 Å². The number of benzene rings is 2. The third-order valence-corrected chi connectivity index (χ3v) is 4.60. The second-order valence-electron chi connectivity index (χ2n) is 6.01. The standard InChI is InChI=1S/C19H16N2O3/c22-18-15-7-2-1-5-12(15)11-21(18)17(19(23)24)9-13-10-20-16-8-4-3-6-14(13)16/h1-8,10,17,20H,9,11H2,(H,23,24)/t17-/m0/s1. The van der Waals surface area contributed by atoms with Gasteiger partial charge in [-0.15, -0.1) is 0 Å². The number of nitrogens with zero attached hydrogens (tertiary/aromatic N) is 1. The minimum absolute atomic E-state index is 0.210. The first kappa shape index (κ1) is 14.5. The predicted molar refractivity (Wildman–Crippen MR) is 89.7 cm³/mol. The number of para-hydroxylation sites is 1. The molecule has 1 aromatic heterocycles. The fourth-order valence-corrected chi connectivity index (χ4v) is 3.37. The van der Waals surface area contributed by atoms with E-state index in [-0.39, 0.29) is 12.3 Å². The first-order valence-corrected chi connectivity index (χ1v) is 7.82. The van der Waals surface area contributed by atoms with E-state index in [1.807, 2.05) is 42.6 Å². The molecule has 0 spiro atoms. The zero-order valence-electron chi connectivity index (χ0n) is 12.9. The molecular weight excluding hydrogens is 304 g/mol. The van der Waals surface area contributed by atoms with Crippen LogP contribution in [0.5, 0.6) is 0 Å². The lowest BCUT2D eigenvalue weighted by Crippen LogP contribution is -2.42. The molecule has 3 aromatic rings. The van der Waals surface area contributed by atoms with Gasteiger partial charge in [0.25, 0.3) is 5.91 Å². The van der Waals surface area contributed by atoms with Crippen LogP contribution in [0.1, 0.15) is 21.5 Å². The lowest BCUT2D eigenvalue weighted by molar-refractivity contribution is -0.142. The van der Waals surface area contributed by atoms with Gasteiger partial charge in [0.05, 0.1) is 0 Å². The highest BCUT2D eigenvalue weighted by Gasteiger charge is 2.36. The molecule has 0 aliphatic carbocycles. The van der Waals surface area contributed by atoms with E-state index in [1.54, 1.807) is 12.1 Å². The number of fused-ring (bicyclic) bond motifs is 2. The number of aromatic amines is 1. The average molecular weight is 320 g/mol. The number of nitrogens with one attached hydrogen (secondary N) is 1. The van der Waals surface area contributed by atoms with Crippen LogP contribution in [-0.2, 0) is 17.8 Å². The number of carbonyl (C=O) groups excluding carboxylic acids is 1. The van der Waals surface area contributed by atoms with Crippen molar-refractivity contribution in [3.63, 3.8) is 0 Å². The molecule has 1 aliphatic heterocycles. The van der Waals surface area contributed by atoms with E-state index in [2.05, 4.69) is 4.98 Å². The van der Waals surface area contributed by atoms with Crippen LogP contribution in [0.25, 0.3) is 10.9 Å². The maximum atomic E-state index is 12.6. The Morgan fingerprint density at radius 3 is 2.71 bits per heavy atom. The zero-order valence-corrected chi connectivity index (χ0v) is 12.9. The first-order valence-electron chi connectivity index (χ1n) is 7.82. The highest BCUT2D eigenvalue weighted by atomic mass is 16.4. The molecule has 1 aliphatic rings. The zero-order chi connectivity index (χ0) is 16.7. The second kappa shape index (κ2) is 5.53. The van der Waals surface area contributed by atoms with Crippen LogP contribution in [0, 0.1) is 0 Å². The van der Waals surface area contributed by atoms with Crippen molar-refractivity contribution in [3.8, 4) is 0 Å². The number of hydrogen-bond acceptors (Lipinski definition) is 2. The lowest BCUT2D eigenvalue weighted by Gasteiger charge is -2.24. The second-order valence-corrected chi connectivity index (χ2v) is 6.01. The van der Waals surface area contributed by atoms with E-state index in [1.165, 1.54) is 4.90 Å². The van der Waals surface area contributed by atoms with E-state index >= 15 is 0 Å². The molecule has 4 rings (SSSR count). The van der Waals surface area contributed by atoms with Crippen molar-refractivity contribution in [3.05, 3.63) is 71.4 Å². The Labute approximate surface area is 138 Å². The number of hydrogen-bond donors (Lipinski definition) is 2. The average Bonchev–Trinajstić information content (AvgIpc) is 3.14. The summed E-state index contributed by atoms with van der Waals surface area (Å²) in [5.74, 6) is -1.20. The summed E-state index contributed by atoms with van der Waals surface area (Å²) >= 11 is 0. The molecule has 0 saturated heterocycles. The summed E-state index contributed by atoms with van der Waals surface area (Å²) in [6.45, 7) is 0.342. The van der Waals surface area contributed by atoms with Crippen molar-refractivity contribution in [2.24, 2.45) is 0 Å². The Kier molecular flexibility index (Phi) is 3.34. The molecule has 120 valence electrons. The van der Waals surface area contributed by atoms with E-state index in [0.29, 0.717) is 12.1 Å². The summed E-state index contributed by atoms with van der Waals surface area (Å²) in [7, 11) is 0. The van der Waals surface area contributed by atoms with Crippen LogP contribution in [-0.4, -0.2) is 32.9 Å². The quantitative estimate of drug-likeness (QED) is 0.776. The summed E-state index contributed by atoms with van der Waals surface area (Å²) in [5.41, 5.74) is 3.35. The van der Waals surface area contributed by atoms with Crippen molar-refractivity contribution in [2.45, 2.75) is 19.0 Å². The molecule has 0 radical (unpaired) electrons. The Morgan fingerprint density at radius 1 is 1.17 bits per heavy atom. The summed E-state index contributed by atoms with van der Waals surface area (Å²) in [5, 5.41) is 10.7. The molecule has 5 nitrogen and oxygen atoms in total. The number of amides is 1. The molecule has 2 N–H and O–H groups in total. The summed E-state index contributed by atoms with van der Waals surface area (Å²) in [4.78, 5) is 29.0. The number of carboxylic acid groups (broad SMARTS) is 1. The number of aromatic nitrogens is 1. The molecule has 0 fully saturated rings. The predicted octanol–water partition coefficient (Wildman–Crippen LogP) is 2.82.